The third-order valence-electron chi connectivity index (χ3n) is 2.59. The van der Waals surface area contributed by atoms with Crippen LogP contribution in [0, 0.1) is 6.92 Å². The first-order valence-electron chi connectivity index (χ1n) is 5.18. The number of pyridine rings is 1. The highest BCUT2D eigenvalue weighted by atomic mass is 35.5. The summed E-state index contributed by atoms with van der Waals surface area (Å²) in [6, 6.07) is 10.7. The Bertz CT molecular complexity index is 605. The maximum atomic E-state index is 11.8. The average molecular weight is 268 g/mol. The zero-order valence-corrected chi connectivity index (χ0v) is 10.8. The van der Waals surface area contributed by atoms with Crippen LogP contribution in [0.5, 0.6) is 0 Å². The Labute approximate surface area is 109 Å². The van der Waals surface area contributed by atoms with E-state index in [1.165, 1.54) is 6.07 Å². The molecule has 0 unspecified atom stereocenters. The highest BCUT2D eigenvalue weighted by Gasteiger charge is 2.05. The molecule has 0 spiro atoms. The SMILES string of the molecule is Cc1cc(Cl)cc(=O)n1Cc1ccccc1Cl. The summed E-state index contributed by atoms with van der Waals surface area (Å²) in [5.41, 5.74) is 1.62. The summed E-state index contributed by atoms with van der Waals surface area (Å²) in [4.78, 5) is 11.8. The van der Waals surface area contributed by atoms with Gasteiger partial charge in [-0.25, -0.2) is 0 Å². The number of aryl methyl sites for hydroxylation is 1. The molecule has 0 bridgehead atoms. The number of hydrogen-bond acceptors (Lipinski definition) is 1. The lowest BCUT2D eigenvalue weighted by atomic mass is 10.2. The maximum absolute atomic E-state index is 11.8. The molecular weight excluding hydrogens is 257 g/mol. The van der Waals surface area contributed by atoms with E-state index in [1.54, 1.807) is 10.6 Å². The van der Waals surface area contributed by atoms with Crippen LogP contribution in [0.4, 0.5) is 0 Å². The first-order chi connectivity index (χ1) is 8.08. The minimum atomic E-state index is -0.116. The summed E-state index contributed by atoms with van der Waals surface area (Å²) in [6.45, 7) is 2.31. The normalized spacial score (nSPS) is 10.5. The summed E-state index contributed by atoms with van der Waals surface area (Å²) in [7, 11) is 0. The molecule has 0 aliphatic heterocycles. The Morgan fingerprint density at radius 2 is 1.88 bits per heavy atom. The fourth-order valence-electron chi connectivity index (χ4n) is 1.69. The van der Waals surface area contributed by atoms with Crippen molar-refractivity contribution < 1.29 is 0 Å². The van der Waals surface area contributed by atoms with E-state index >= 15 is 0 Å². The van der Waals surface area contributed by atoms with Crippen molar-refractivity contribution in [1.29, 1.82) is 0 Å². The van der Waals surface area contributed by atoms with Crippen LogP contribution < -0.4 is 5.56 Å². The quantitative estimate of drug-likeness (QED) is 0.816. The van der Waals surface area contributed by atoms with Crippen LogP contribution in [-0.4, -0.2) is 4.57 Å². The van der Waals surface area contributed by atoms with Crippen molar-refractivity contribution in [3.05, 3.63) is 68.1 Å². The van der Waals surface area contributed by atoms with Crippen molar-refractivity contribution in [3.8, 4) is 0 Å². The first-order valence-corrected chi connectivity index (χ1v) is 5.94. The van der Waals surface area contributed by atoms with E-state index < -0.39 is 0 Å². The van der Waals surface area contributed by atoms with Gasteiger partial charge < -0.3 is 4.57 Å². The molecule has 4 heteroatoms. The van der Waals surface area contributed by atoms with Gasteiger partial charge in [0, 0.05) is 21.8 Å². The third-order valence-corrected chi connectivity index (χ3v) is 3.17. The fourth-order valence-corrected chi connectivity index (χ4v) is 2.14. The molecule has 0 saturated heterocycles. The predicted octanol–water partition coefficient (Wildman–Crippen LogP) is 3.51. The van der Waals surface area contributed by atoms with Gasteiger partial charge in [0.15, 0.2) is 0 Å². The Kier molecular flexibility index (Phi) is 3.55. The van der Waals surface area contributed by atoms with Gasteiger partial charge in [0.25, 0.3) is 5.56 Å². The minimum absolute atomic E-state index is 0.116. The number of aromatic nitrogens is 1. The van der Waals surface area contributed by atoms with Crippen LogP contribution in [0.2, 0.25) is 10.0 Å². The van der Waals surface area contributed by atoms with E-state index in [1.807, 2.05) is 31.2 Å². The van der Waals surface area contributed by atoms with Crippen LogP contribution in [0.1, 0.15) is 11.3 Å². The van der Waals surface area contributed by atoms with E-state index in [0.29, 0.717) is 16.6 Å². The van der Waals surface area contributed by atoms with E-state index in [9.17, 15) is 4.79 Å². The van der Waals surface area contributed by atoms with E-state index in [2.05, 4.69) is 0 Å². The number of nitrogens with zero attached hydrogens (tertiary/aromatic N) is 1. The van der Waals surface area contributed by atoms with Crippen molar-refractivity contribution in [1.82, 2.24) is 4.57 Å². The van der Waals surface area contributed by atoms with Crippen LogP contribution in [0.25, 0.3) is 0 Å². The van der Waals surface area contributed by atoms with Gasteiger partial charge in [0.2, 0.25) is 0 Å². The second-order valence-electron chi connectivity index (χ2n) is 3.83. The Morgan fingerprint density at radius 1 is 1.18 bits per heavy atom. The second kappa shape index (κ2) is 4.94. The summed E-state index contributed by atoms with van der Waals surface area (Å²) >= 11 is 11.9. The standard InChI is InChI=1S/C13H11Cl2NO/c1-9-6-11(14)7-13(17)16(9)8-10-4-2-3-5-12(10)15/h2-7H,8H2,1H3. The van der Waals surface area contributed by atoms with Crippen LogP contribution in [0.3, 0.4) is 0 Å². The van der Waals surface area contributed by atoms with Crippen molar-refractivity contribution in [3.63, 3.8) is 0 Å². The first kappa shape index (κ1) is 12.2. The molecule has 2 rings (SSSR count). The van der Waals surface area contributed by atoms with E-state index in [4.69, 9.17) is 23.2 Å². The molecule has 0 radical (unpaired) electrons. The Balaban J connectivity index is 2.44. The lowest BCUT2D eigenvalue weighted by Crippen LogP contribution is -2.22. The molecule has 0 N–H and O–H groups in total. The smallest absolute Gasteiger partial charge is 0.252 e. The van der Waals surface area contributed by atoms with Gasteiger partial charge in [-0.1, -0.05) is 41.4 Å². The monoisotopic (exact) mass is 267 g/mol. The van der Waals surface area contributed by atoms with Crippen molar-refractivity contribution in [2.24, 2.45) is 0 Å². The van der Waals surface area contributed by atoms with Gasteiger partial charge in [-0.15, -0.1) is 0 Å². The van der Waals surface area contributed by atoms with Crippen molar-refractivity contribution >= 4 is 23.2 Å². The molecule has 17 heavy (non-hydrogen) atoms. The molecule has 1 heterocycles. The number of benzene rings is 1. The highest BCUT2D eigenvalue weighted by Crippen LogP contribution is 2.16. The Hall–Kier alpha value is -1.25. The molecule has 0 fully saturated rings. The second-order valence-corrected chi connectivity index (χ2v) is 4.67. The van der Waals surface area contributed by atoms with Crippen LogP contribution in [-0.2, 0) is 6.54 Å². The number of rotatable bonds is 2. The molecule has 1 aromatic carbocycles. The molecule has 0 aliphatic rings. The summed E-state index contributed by atoms with van der Waals surface area (Å²) < 4.78 is 1.65. The molecule has 0 saturated carbocycles. The molecule has 0 atom stereocenters. The molecule has 88 valence electrons. The lowest BCUT2D eigenvalue weighted by Gasteiger charge is -2.11. The summed E-state index contributed by atoms with van der Waals surface area (Å²) in [6.07, 6.45) is 0. The van der Waals surface area contributed by atoms with Gasteiger partial charge >= 0.3 is 0 Å². The van der Waals surface area contributed by atoms with Gasteiger partial charge in [-0.3, -0.25) is 4.79 Å². The lowest BCUT2D eigenvalue weighted by molar-refractivity contribution is 0.730. The highest BCUT2D eigenvalue weighted by molar-refractivity contribution is 6.31. The summed E-state index contributed by atoms with van der Waals surface area (Å²) in [5, 5.41) is 1.12. The topological polar surface area (TPSA) is 22.0 Å². The average Bonchev–Trinajstić information content (AvgIpc) is 2.25. The molecular formula is C13H11Cl2NO. The van der Waals surface area contributed by atoms with Gasteiger partial charge in [0.1, 0.15) is 0 Å². The van der Waals surface area contributed by atoms with Crippen molar-refractivity contribution in [2.75, 3.05) is 0 Å². The summed E-state index contributed by atoms with van der Waals surface area (Å²) in [5.74, 6) is 0. The van der Waals surface area contributed by atoms with Gasteiger partial charge in [0.05, 0.1) is 6.54 Å². The molecule has 2 aromatic rings. The molecule has 0 aliphatic carbocycles. The number of hydrogen-bond donors (Lipinski definition) is 0. The molecule has 0 amide bonds. The maximum Gasteiger partial charge on any atom is 0.252 e. The van der Waals surface area contributed by atoms with Crippen LogP contribution >= 0.6 is 23.2 Å². The predicted molar refractivity (Wildman–Crippen MR) is 71.0 cm³/mol. The molecule has 1 aromatic heterocycles. The zero-order chi connectivity index (χ0) is 12.4. The zero-order valence-electron chi connectivity index (χ0n) is 9.28. The van der Waals surface area contributed by atoms with Crippen LogP contribution in [0.15, 0.2) is 41.2 Å². The largest absolute Gasteiger partial charge is 0.308 e. The Morgan fingerprint density at radius 3 is 2.53 bits per heavy atom. The van der Waals surface area contributed by atoms with Crippen molar-refractivity contribution in [2.45, 2.75) is 13.5 Å². The van der Waals surface area contributed by atoms with Gasteiger partial charge in [-0.05, 0) is 24.6 Å². The fraction of sp³-hybridized carbons (Fsp3) is 0.154. The third kappa shape index (κ3) is 2.71. The van der Waals surface area contributed by atoms with Gasteiger partial charge in [-0.2, -0.15) is 0 Å². The minimum Gasteiger partial charge on any atom is -0.308 e. The van der Waals surface area contributed by atoms with E-state index in [-0.39, 0.29) is 5.56 Å². The van der Waals surface area contributed by atoms with E-state index in [0.717, 1.165) is 11.3 Å². The molecule has 2 nitrogen and oxygen atoms in total. The number of halogens is 2.